The highest BCUT2D eigenvalue weighted by atomic mass is 16.2. The Morgan fingerprint density at radius 1 is 0.377 bits per heavy atom. The summed E-state index contributed by atoms with van der Waals surface area (Å²) in [5, 5.41) is 7.43. The summed E-state index contributed by atoms with van der Waals surface area (Å²) in [7, 11) is 0. The Labute approximate surface area is 371 Å². The van der Waals surface area contributed by atoms with Gasteiger partial charge in [-0.25, -0.2) is 0 Å². The second-order valence-corrected chi connectivity index (χ2v) is 23.4. The summed E-state index contributed by atoms with van der Waals surface area (Å²) in [6.45, 7) is 6.61. The van der Waals surface area contributed by atoms with Gasteiger partial charge in [0.05, 0.1) is 38.3 Å². The third-order valence-electron chi connectivity index (χ3n) is 18.6. The fraction of sp³-hybridized carbons (Fsp3) is 0.925. The Hall–Kier alpha value is -1.48. The smallest absolute Gasteiger partial charge is 0.164 e. The summed E-state index contributed by atoms with van der Waals surface area (Å²) in [5.74, 6) is 7.79. The fourth-order valence-electron chi connectivity index (χ4n) is 14.6. The SMILES string of the molecule is CC1CCC(CC2CCC(N3CC(=O)CC(NC4CCC(CC5CCC(NC6CC(=O)CN(C7CCC(CC8CCC(C)CC8)CC7)CC6=O)CC5)CC4)C(=O)C3)CC2)CC1. The Morgan fingerprint density at radius 2 is 0.656 bits per heavy atom. The molecule has 0 amide bonds. The molecule has 0 bridgehead atoms. The van der Waals surface area contributed by atoms with E-state index in [4.69, 9.17) is 0 Å². The van der Waals surface area contributed by atoms with Gasteiger partial charge in [-0.2, -0.15) is 0 Å². The second-order valence-electron chi connectivity index (χ2n) is 23.4. The molecule has 0 aromatic heterocycles. The maximum absolute atomic E-state index is 13.6. The third-order valence-corrected chi connectivity index (χ3v) is 18.6. The second kappa shape index (κ2) is 22.1. The van der Waals surface area contributed by atoms with E-state index >= 15 is 0 Å². The molecule has 344 valence electrons. The fourth-order valence-corrected chi connectivity index (χ4v) is 14.6. The topological polar surface area (TPSA) is 98.8 Å². The molecule has 6 aliphatic carbocycles. The minimum Gasteiger partial charge on any atom is -0.304 e. The molecule has 6 saturated carbocycles. The van der Waals surface area contributed by atoms with E-state index in [0.29, 0.717) is 63.2 Å². The standard InChI is InChI=1S/C53H88N4O4/c1-36-3-7-38(8-4-36)27-42-15-23-46(24-16-42)56-32-48(58)30-50(52(60)34-56)54-44-19-11-40(12-20-44)29-41-13-21-45(22-14-41)55-51-31-49(59)33-57(35-53(51)61)47-25-17-43(18-26-47)28-39-9-5-37(2)6-10-39/h36-47,50-51,54-55H,3-35H2,1-2H3. The number of likely N-dealkylation sites (tertiary alicyclic amines) is 2. The van der Waals surface area contributed by atoms with Gasteiger partial charge in [0, 0.05) is 37.0 Å². The number of ketones is 4. The lowest BCUT2D eigenvalue weighted by Crippen LogP contribution is -2.48. The number of nitrogens with zero attached hydrogens (tertiary/aromatic N) is 2. The molecule has 0 aromatic carbocycles. The van der Waals surface area contributed by atoms with Crippen molar-refractivity contribution in [3.8, 4) is 0 Å². The first-order chi connectivity index (χ1) is 29.6. The van der Waals surface area contributed by atoms with Gasteiger partial charge in [-0.05, 0) is 169 Å². The van der Waals surface area contributed by atoms with E-state index in [-0.39, 0.29) is 35.2 Å². The molecule has 0 aromatic rings. The minimum absolute atomic E-state index is 0.237. The third kappa shape index (κ3) is 13.3. The van der Waals surface area contributed by atoms with Crippen LogP contribution >= 0.6 is 0 Å². The largest absolute Gasteiger partial charge is 0.304 e. The number of Topliss-reactive ketones (excluding diaryl/α,β-unsaturated/α-hetero) is 4. The van der Waals surface area contributed by atoms with Crippen LogP contribution in [0.1, 0.15) is 200 Å². The van der Waals surface area contributed by atoms with E-state index in [0.717, 1.165) is 98.7 Å². The van der Waals surface area contributed by atoms with Crippen molar-refractivity contribution in [2.45, 2.75) is 236 Å². The van der Waals surface area contributed by atoms with Gasteiger partial charge in [0.25, 0.3) is 0 Å². The van der Waals surface area contributed by atoms with Crippen LogP contribution in [0.3, 0.4) is 0 Å². The van der Waals surface area contributed by atoms with Crippen LogP contribution in [0.15, 0.2) is 0 Å². The van der Waals surface area contributed by atoms with E-state index in [1.165, 1.54) is 122 Å². The minimum atomic E-state index is -0.314. The van der Waals surface area contributed by atoms with Crippen LogP contribution in [-0.2, 0) is 19.2 Å². The zero-order valence-electron chi connectivity index (χ0n) is 38.9. The summed E-state index contributed by atoms with van der Waals surface area (Å²) < 4.78 is 0. The van der Waals surface area contributed by atoms with Crippen LogP contribution in [0.4, 0.5) is 0 Å². The monoisotopic (exact) mass is 845 g/mol. The molecule has 8 fully saturated rings. The van der Waals surface area contributed by atoms with Gasteiger partial charge < -0.3 is 10.6 Å². The Morgan fingerprint density at radius 3 is 0.967 bits per heavy atom. The molecular formula is C53H88N4O4. The van der Waals surface area contributed by atoms with Gasteiger partial charge in [0.1, 0.15) is 11.6 Å². The first kappa shape index (κ1) is 46.1. The summed E-state index contributed by atoms with van der Waals surface area (Å²) in [4.78, 5) is 58.2. The highest BCUT2D eigenvalue weighted by Crippen LogP contribution is 2.41. The van der Waals surface area contributed by atoms with Crippen LogP contribution in [-0.4, -0.2) is 95.4 Å². The lowest BCUT2D eigenvalue weighted by atomic mass is 9.74. The molecule has 8 heteroatoms. The van der Waals surface area contributed by atoms with E-state index in [2.05, 4.69) is 34.3 Å². The van der Waals surface area contributed by atoms with Crippen molar-refractivity contribution in [2.75, 3.05) is 26.2 Å². The molecule has 8 aliphatic rings. The van der Waals surface area contributed by atoms with Crippen molar-refractivity contribution in [3.05, 3.63) is 0 Å². The van der Waals surface area contributed by atoms with Crippen LogP contribution < -0.4 is 10.6 Å². The van der Waals surface area contributed by atoms with Crippen molar-refractivity contribution < 1.29 is 19.2 Å². The van der Waals surface area contributed by atoms with Gasteiger partial charge in [-0.3, -0.25) is 29.0 Å². The van der Waals surface area contributed by atoms with Crippen molar-refractivity contribution in [1.82, 2.24) is 20.4 Å². The molecule has 2 atom stereocenters. The van der Waals surface area contributed by atoms with Gasteiger partial charge >= 0.3 is 0 Å². The van der Waals surface area contributed by atoms with Gasteiger partial charge in [-0.1, -0.05) is 65.2 Å². The molecule has 8 nitrogen and oxygen atoms in total. The van der Waals surface area contributed by atoms with Gasteiger partial charge in [-0.15, -0.1) is 0 Å². The van der Waals surface area contributed by atoms with E-state index in [1.54, 1.807) is 0 Å². The molecule has 2 unspecified atom stereocenters. The molecule has 2 aliphatic heterocycles. The van der Waals surface area contributed by atoms with Crippen LogP contribution in [0.25, 0.3) is 0 Å². The Balaban J connectivity index is 0.698. The first-order valence-electron chi connectivity index (χ1n) is 26.7. The summed E-state index contributed by atoms with van der Waals surface area (Å²) >= 11 is 0. The van der Waals surface area contributed by atoms with Crippen molar-refractivity contribution >= 4 is 23.1 Å². The predicted molar refractivity (Wildman–Crippen MR) is 245 cm³/mol. The number of nitrogens with one attached hydrogen (secondary N) is 2. The lowest BCUT2D eigenvalue weighted by Gasteiger charge is -2.38. The summed E-state index contributed by atoms with van der Waals surface area (Å²) in [6.07, 6.45) is 35.0. The van der Waals surface area contributed by atoms with Gasteiger partial charge in [0.15, 0.2) is 11.6 Å². The zero-order chi connectivity index (χ0) is 42.3. The maximum Gasteiger partial charge on any atom is 0.164 e. The molecule has 8 rings (SSSR count). The molecule has 61 heavy (non-hydrogen) atoms. The lowest BCUT2D eigenvalue weighted by molar-refractivity contribution is -0.123. The molecule has 2 saturated heterocycles. The molecule has 0 spiro atoms. The van der Waals surface area contributed by atoms with Crippen molar-refractivity contribution in [1.29, 1.82) is 0 Å². The van der Waals surface area contributed by atoms with Gasteiger partial charge in [0.2, 0.25) is 0 Å². The number of hydrogen-bond acceptors (Lipinski definition) is 8. The van der Waals surface area contributed by atoms with E-state index in [9.17, 15) is 19.2 Å². The average Bonchev–Trinajstić information content (AvgIpc) is 3.49. The van der Waals surface area contributed by atoms with E-state index in [1.807, 2.05) is 0 Å². The zero-order valence-corrected chi connectivity index (χ0v) is 38.9. The quantitative estimate of drug-likeness (QED) is 0.201. The van der Waals surface area contributed by atoms with Crippen molar-refractivity contribution in [2.24, 2.45) is 47.3 Å². The maximum atomic E-state index is 13.6. The molecule has 0 radical (unpaired) electrons. The first-order valence-corrected chi connectivity index (χ1v) is 26.7. The summed E-state index contributed by atoms with van der Waals surface area (Å²) in [5.41, 5.74) is 0. The summed E-state index contributed by atoms with van der Waals surface area (Å²) in [6, 6.07) is 0.831. The van der Waals surface area contributed by atoms with Crippen LogP contribution in [0, 0.1) is 47.3 Å². The number of hydrogen-bond donors (Lipinski definition) is 2. The molecular weight excluding hydrogens is 757 g/mol. The number of carbonyl (C=O) groups excluding carboxylic acids is 4. The predicted octanol–water partition coefficient (Wildman–Crippen LogP) is 9.65. The van der Waals surface area contributed by atoms with E-state index < -0.39 is 0 Å². The molecule has 2 heterocycles. The highest BCUT2D eigenvalue weighted by Gasteiger charge is 2.39. The number of rotatable bonds is 12. The van der Waals surface area contributed by atoms with Crippen molar-refractivity contribution in [3.63, 3.8) is 0 Å². The average molecular weight is 845 g/mol. The van der Waals surface area contributed by atoms with Crippen LogP contribution in [0.5, 0.6) is 0 Å². The highest BCUT2D eigenvalue weighted by molar-refractivity contribution is 5.95. The molecule has 2 N–H and O–H groups in total. The number of carbonyl (C=O) groups is 4. The normalized spacial score (nSPS) is 41.9. The van der Waals surface area contributed by atoms with Crippen LogP contribution in [0.2, 0.25) is 0 Å². The Kier molecular flexibility index (Phi) is 16.7. The Bertz CT molecular complexity index is 1310.